The fourth-order valence-electron chi connectivity index (χ4n) is 4.07. The second-order valence-corrected chi connectivity index (χ2v) is 7.06. The van der Waals surface area contributed by atoms with Crippen molar-refractivity contribution in [2.75, 3.05) is 25.5 Å². The fraction of sp³-hybridized carbons (Fsp3) is 0.471. The summed E-state index contributed by atoms with van der Waals surface area (Å²) in [7, 11) is 3.11. The van der Waals surface area contributed by atoms with E-state index in [4.69, 9.17) is 12.2 Å². The number of nitro groups is 1. The molecule has 0 radical (unpaired) electrons. The quantitative estimate of drug-likeness (QED) is 0.337. The molecule has 2 amide bonds. The maximum Gasteiger partial charge on any atom is 0.269 e. The van der Waals surface area contributed by atoms with Gasteiger partial charge in [0.15, 0.2) is 10.5 Å². The Balaban J connectivity index is 2.22. The van der Waals surface area contributed by atoms with Crippen LogP contribution in [0.2, 0.25) is 0 Å². The van der Waals surface area contributed by atoms with E-state index in [1.54, 1.807) is 20.2 Å². The molecule has 1 fully saturated rings. The summed E-state index contributed by atoms with van der Waals surface area (Å²) < 4.78 is 0. The Kier molecular flexibility index (Phi) is 4.22. The van der Waals surface area contributed by atoms with Crippen LogP contribution in [-0.4, -0.2) is 58.3 Å². The molecule has 9 heteroatoms. The van der Waals surface area contributed by atoms with E-state index in [9.17, 15) is 19.7 Å². The van der Waals surface area contributed by atoms with E-state index < -0.39 is 16.4 Å². The highest BCUT2D eigenvalue weighted by Gasteiger charge is 2.60. The Morgan fingerprint density at radius 2 is 1.85 bits per heavy atom. The van der Waals surface area contributed by atoms with E-state index in [0.717, 1.165) is 5.69 Å². The molecule has 0 saturated carbocycles. The van der Waals surface area contributed by atoms with Gasteiger partial charge in [-0.15, -0.1) is 0 Å². The number of fused-ring (bicyclic) bond motifs is 1. The van der Waals surface area contributed by atoms with Gasteiger partial charge in [-0.1, -0.05) is 0 Å². The summed E-state index contributed by atoms with van der Waals surface area (Å²) in [5, 5.41) is 11.3. The van der Waals surface area contributed by atoms with Gasteiger partial charge in [0.05, 0.1) is 4.92 Å². The Labute approximate surface area is 156 Å². The molecule has 138 valence electrons. The molecule has 0 bridgehead atoms. The maximum absolute atomic E-state index is 13.2. The molecule has 8 nitrogen and oxygen atoms in total. The van der Waals surface area contributed by atoms with Crippen molar-refractivity contribution in [3.05, 3.63) is 33.9 Å². The van der Waals surface area contributed by atoms with Crippen molar-refractivity contribution < 1.29 is 14.5 Å². The highest BCUT2D eigenvalue weighted by atomic mass is 32.1. The third-order valence-electron chi connectivity index (χ3n) is 5.52. The number of benzene rings is 1. The number of amides is 2. The first-order valence-corrected chi connectivity index (χ1v) is 8.71. The van der Waals surface area contributed by atoms with Gasteiger partial charge in [0, 0.05) is 50.9 Å². The normalized spacial score (nSPS) is 22.1. The molecule has 2 aliphatic rings. The van der Waals surface area contributed by atoms with Crippen LogP contribution >= 0.6 is 12.2 Å². The van der Waals surface area contributed by atoms with E-state index in [1.807, 2.05) is 18.7 Å². The summed E-state index contributed by atoms with van der Waals surface area (Å²) in [6, 6.07) is 4.19. The maximum atomic E-state index is 13.2. The van der Waals surface area contributed by atoms with Crippen LogP contribution in [-0.2, 0) is 16.0 Å². The summed E-state index contributed by atoms with van der Waals surface area (Å²) >= 11 is 5.19. The SMILES string of the molecule is CCN1c2ccc([N+](=O)[O-])cc2CC2(C(=O)N(C)C(=S)N(C)C2=O)[C@H]1C. The third kappa shape index (κ3) is 2.23. The number of hydrogen-bond donors (Lipinski definition) is 0. The number of rotatable bonds is 2. The number of carbonyl (C=O) groups is 2. The molecule has 1 spiro atoms. The predicted octanol–water partition coefficient (Wildman–Crippen LogP) is 1.57. The predicted molar refractivity (Wildman–Crippen MR) is 99.9 cm³/mol. The van der Waals surface area contributed by atoms with Crippen molar-refractivity contribution in [1.29, 1.82) is 0 Å². The fourth-order valence-corrected chi connectivity index (χ4v) is 4.24. The number of carbonyl (C=O) groups excluding carboxylic acids is 2. The standard InChI is InChI=1S/C17H20N4O4S/c1-5-20-10(2)17(14(22)18(3)16(26)19(4)15(17)23)9-11-8-12(21(24)25)6-7-13(11)20/h6-8,10H,5,9H2,1-4H3/t10-/m1/s1. The minimum Gasteiger partial charge on any atom is -0.367 e. The van der Waals surface area contributed by atoms with Gasteiger partial charge in [-0.3, -0.25) is 29.5 Å². The number of anilines is 1. The minimum atomic E-state index is -1.36. The highest BCUT2D eigenvalue weighted by Crippen LogP contribution is 2.46. The lowest BCUT2D eigenvalue weighted by Gasteiger charge is -2.52. The van der Waals surface area contributed by atoms with E-state index >= 15 is 0 Å². The van der Waals surface area contributed by atoms with Crippen LogP contribution in [0.25, 0.3) is 0 Å². The zero-order valence-corrected chi connectivity index (χ0v) is 15.9. The molecule has 0 aromatic heterocycles. The molecule has 1 saturated heterocycles. The van der Waals surface area contributed by atoms with Crippen LogP contribution in [0, 0.1) is 15.5 Å². The second kappa shape index (κ2) is 6.01. The number of thiocarbonyl (C=S) groups is 1. The first-order chi connectivity index (χ1) is 12.2. The number of nitro benzene ring substituents is 1. The Hall–Kier alpha value is -2.55. The highest BCUT2D eigenvalue weighted by molar-refractivity contribution is 7.80. The van der Waals surface area contributed by atoms with Crippen molar-refractivity contribution in [2.45, 2.75) is 26.3 Å². The monoisotopic (exact) mass is 376 g/mol. The van der Waals surface area contributed by atoms with Gasteiger partial charge in [-0.05, 0) is 37.7 Å². The van der Waals surface area contributed by atoms with Crippen LogP contribution in [0.5, 0.6) is 0 Å². The van der Waals surface area contributed by atoms with Crippen molar-refractivity contribution in [1.82, 2.24) is 9.80 Å². The van der Waals surface area contributed by atoms with E-state index in [2.05, 4.69) is 0 Å². The summed E-state index contributed by atoms with van der Waals surface area (Å²) in [5.74, 6) is -0.734. The average Bonchev–Trinajstić information content (AvgIpc) is 2.63. The molecule has 1 aromatic carbocycles. The van der Waals surface area contributed by atoms with Gasteiger partial charge >= 0.3 is 0 Å². The largest absolute Gasteiger partial charge is 0.367 e. The van der Waals surface area contributed by atoms with Crippen LogP contribution in [0.15, 0.2) is 18.2 Å². The van der Waals surface area contributed by atoms with Gasteiger partial charge < -0.3 is 4.90 Å². The molecule has 0 N–H and O–H groups in total. The molecular weight excluding hydrogens is 356 g/mol. The lowest BCUT2D eigenvalue weighted by Crippen LogP contribution is -2.70. The van der Waals surface area contributed by atoms with E-state index in [1.165, 1.54) is 21.9 Å². The summed E-state index contributed by atoms with van der Waals surface area (Å²) in [4.78, 5) is 41.7. The van der Waals surface area contributed by atoms with Crippen molar-refractivity contribution in [2.24, 2.45) is 5.41 Å². The van der Waals surface area contributed by atoms with E-state index in [0.29, 0.717) is 12.1 Å². The Morgan fingerprint density at radius 3 is 2.35 bits per heavy atom. The van der Waals surface area contributed by atoms with Gasteiger partial charge in [0.1, 0.15) is 0 Å². The van der Waals surface area contributed by atoms with Gasteiger partial charge in [-0.25, -0.2) is 0 Å². The number of non-ortho nitro benzene ring substituents is 1. The molecule has 26 heavy (non-hydrogen) atoms. The van der Waals surface area contributed by atoms with Crippen LogP contribution in [0.1, 0.15) is 19.4 Å². The molecule has 0 unspecified atom stereocenters. The average molecular weight is 376 g/mol. The van der Waals surface area contributed by atoms with Crippen molar-refractivity contribution in [3.8, 4) is 0 Å². The molecule has 3 rings (SSSR count). The van der Waals surface area contributed by atoms with E-state index in [-0.39, 0.29) is 29.0 Å². The smallest absolute Gasteiger partial charge is 0.269 e. The lowest BCUT2D eigenvalue weighted by atomic mass is 9.68. The lowest BCUT2D eigenvalue weighted by molar-refractivity contribution is -0.384. The molecule has 0 aliphatic carbocycles. The molecule has 2 aliphatic heterocycles. The minimum absolute atomic E-state index is 0.0579. The Bertz CT molecular complexity index is 816. The zero-order chi connectivity index (χ0) is 19.4. The summed E-state index contributed by atoms with van der Waals surface area (Å²) in [5.41, 5.74) is 0.0209. The molecular formula is C17H20N4O4S. The van der Waals surface area contributed by atoms with Crippen LogP contribution in [0.4, 0.5) is 11.4 Å². The van der Waals surface area contributed by atoms with Crippen LogP contribution in [0.3, 0.4) is 0 Å². The number of hydrogen-bond acceptors (Lipinski definition) is 6. The first kappa shape index (κ1) is 18.2. The first-order valence-electron chi connectivity index (χ1n) is 8.31. The summed E-state index contributed by atoms with van der Waals surface area (Å²) in [6.45, 7) is 4.34. The summed E-state index contributed by atoms with van der Waals surface area (Å²) in [6.07, 6.45) is 0.108. The topological polar surface area (TPSA) is 87.0 Å². The second-order valence-electron chi connectivity index (χ2n) is 6.69. The van der Waals surface area contributed by atoms with Crippen molar-refractivity contribution in [3.63, 3.8) is 0 Å². The van der Waals surface area contributed by atoms with Gasteiger partial charge in [0.25, 0.3) is 5.69 Å². The number of nitrogens with zero attached hydrogens (tertiary/aromatic N) is 4. The molecule has 2 heterocycles. The molecule has 1 atom stereocenters. The molecule has 1 aromatic rings. The van der Waals surface area contributed by atoms with Crippen LogP contribution < -0.4 is 4.90 Å². The van der Waals surface area contributed by atoms with Crippen molar-refractivity contribution >= 4 is 40.5 Å². The van der Waals surface area contributed by atoms with Gasteiger partial charge in [0.2, 0.25) is 11.8 Å². The third-order valence-corrected chi connectivity index (χ3v) is 6.07. The zero-order valence-electron chi connectivity index (χ0n) is 15.1. The van der Waals surface area contributed by atoms with Gasteiger partial charge in [-0.2, -0.15) is 0 Å². The Morgan fingerprint density at radius 1 is 1.27 bits per heavy atom.